The van der Waals surface area contributed by atoms with Gasteiger partial charge in [-0.2, -0.15) is 5.26 Å². The lowest BCUT2D eigenvalue weighted by molar-refractivity contribution is 0.174. The number of nitriles is 1. The van der Waals surface area contributed by atoms with Gasteiger partial charge in [0, 0.05) is 6.07 Å². The fraction of sp³-hybridized carbons (Fsp3) is 0.118. The molecule has 1 aliphatic rings. The van der Waals surface area contributed by atoms with Crippen molar-refractivity contribution < 1.29 is 9.47 Å². The Balaban J connectivity index is 2.03. The minimum atomic E-state index is 0.196. The largest absolute Gasteiger partial charge is 0.454 e. The molecule has 0 unspecified atom stereocenters. The maximum atomic E-state index is 9.38. The van der Waals surface area contributed by atoms with Gasteiger partial charge in [-0.15, -0.1) is 0 Å². The number of halogens is 1. The Morgan fingerprint density at radius 2 is 1.86 bits per heavy atom. The summed E-state index contributed by atoms with van der Waals surface area (Å²) in [5.74, 6) is 1.28. The van der Waals surface area contributed by atoms with Crippen molar-refractivity contribution in [2.75, 3.05) is 6.79 Å². The number of benzene rings is 2. The number of aryl methyl sites for hydroxylation is 1. The minimum Gasteiger partial charge on any atom is -0.454 e. The summed E-state index contributed by atoms with van der Waals surface area (Å²) in [5.41, 5.74) is 3.29. The third-order valence-electron chi connectivity index (χ3n) is 3.27. The van der Waals surface area contributed by atoms with Crippen molar-refractivity contribution in [3.63, 3.8) is 0 Å². The molecule has 4 heteroatoms. The summed E-state index contributed by atoms with van der Waals surface area (Å²) in [6, 6.07) is 13.5. The molecule has 3 rings (SSSR count). The van der Waals surface area contributed by atoms with Gasteiger partial charge in [0.25, 0.3) is 0 Å². The fourth-order valence-electron chi connectivity index (χ4n) is 2.11. The molecule has 0 fully saturated rings. The Morgan fingerprint density at radius 1 is 1.19 bits per heavy atom. The van der Waals surface area contributed by atoms with E-state index >= 15 is 0 Å². The summed E-state index contributed by atoms with van der Waals surface area (Å²) in [4.78, 5) is 0. The molecule has 2 aromatic rings. The molecule has 0 aromatic heterocycles. The standard InChI is InChI=1S/C17H12ClNO2/c1-11-2-4-12(5-3-11)14(9-19)6-13-7-16-17(8-15(13)18)21-10-20-16/h2-8H,10H2,1H3. The van der Waals surface area contributed by atoms with Crippen molar-refractivity contribution in [1.82, 2.24) is 0 Å². The second-order valence-electron chi connectivity index (χ2n) is 4.76. The molecule has 0 spiro atoms. The maximum absolute atomic E-state index is 9.38. The lowest BCUT2D eigenvalue weighted by Crippen LogP contribution is -1.92. The number of rotatable bonds is 2. The van der Waals surface area contributed by atoms with Crippen LogP contribution >= 0.6 is 11.6 Å². The molecule has 104 valence electrons. The average molecular weight is 298 g/mol. The van der Waals surface area contributed by atoms with Crippen LogP contribution in [0.15, 0.2) is 36.4 Å². The van der Waals surface area contributed by atoms with Gasteiger partial charge in [-0.1, -0.05) is 41.4 Å². The number of allylic oxidation sites excluding steroid dienone is 1. The van der Waals surface area contributed by atoms with E-state index in [1.807, 2.05) is 31.2 Å². The van der Waals surface area contributed by atoms with E-state index in [2.05, 4.69) is 6.07 Å². The normalized spacial score (nSPS) is 13.1. The first-order chi connectivity index (χ1) is 10.2. The Hall–Kier alpha value is -2.44. The van der Waals surface area contributed by atoms with Gasteiger partial charge >= 0.3 is 0 Å². The Bertz CT molecular complexity index is 758. The average Bonchev–Trinajstić information content (AvgIpc) is 2.93. The predicted molar refractivity (Wildman–Crippen MR) is 82.2 cm³/mol. The zero-order valence-corrected chi connectivity index (χ0v) is 12.1. The molecule has 21 heavy (non-hydrogen) atoms. The smallest absolute Gasteiger partial charge is 0.231 e. The van der Waals surface area contributed by atoms with Gasteiger partial charge in [-0.25, -0.2) is 0 Å². The summed E-state index contributed by atoms with van der Waals surface area (Å²) < 4.78 is 10.6. The molecule has 1 aliphatic heterocycles. The molecular formula is C17H12ClNO2. The van der Waals surface area contributed by atoms with Gasteiger partial charge in [0.1, 0.15) is 0 Å². The highest BCUT2D eigenvalue weighted by Crippen LogP contribution is 2.38. The molecule has 1 heterocycles. The molecule has 0 amide bonds. The highest BCUT2D eigenvalue weighted by molar-refractivity contribution is 6.32. The van der Waals surface area contributed by atoms with Gasteiger partial charge in [0.15, 0.2) is 11.5 Å². The Labute approximate surface area is 128 Å². The van der Waals surface area contributed by atoms with Crippen molar-refractivity contribution in [2.45, 2.75) is 6.92 Å². The van der Waals surface area contributed by atoms with Crippen LogP contribution < -0.4 is 9.47 Å². The molecule has 0 aliphatic carbocycles. The van der Waals surface area contributed by atoms with Gasteiger partial charge < -0.3 is 9.47 Å². The van der Waals surface area contributed by atoms with E-state index in [1.165, 1.54) is 0 Å². The van der Waals surface area contributed by atoms with Crippen molar-refractivity contribution in [3.8, 4) is 17.6 Å². The molecule has 0 N–H and O–H groups in total. The first-order valence-corrected chi connectivity index (χ1v) is 6.83. The monoisotopic (exact) mass is 297 g/mol. The first kappa shape index (κ1) is 13.5. The third kappa shape index (κ3) is 2.72. The summed E-state index contributed by atoms with van der Waals surface area (Å²) in [7, 11) is 0. The van der Waals surface area contributed by atoms with E-state index in [1.54, 1.807) is 18.2 Å². The van der Waals surface area contributed by atoms with Gasteiger partial charge in [-0.3, -0.25) is 0 Å². The van der Waals surface area contributed by atoms with Crippen LogP contribution in [0, 0.1) is 18.3 Å². The SMILES string of the molecule is Cc1ccc(C(C#N)=Cc2cc3c(cc2Cl)OCO3)cc1. The van der Waals surface area contributed by atoms with Crippen LogP contribution in [0.3, 0.4) is 0 Å². The van der Waals surface area contributed by atoms with E-state index in [0.29, 0.717) is 22.1 Å². The maximum Gasteiger partial charge on any atom is 0.231 e. The van der Waals surface area contributed by atoms with Crippen LogP contribution in [0.4, 0.5) is 0 Å². The zero-order valence-electron chi connectivity index (χ0n) is 11.4. The number of fused-ring (bicyclic) bond motifs is 1. The van der Waals surface area contributed by atoms with Crippen molar-refractivity contribution in [1.29, 1.82) is 5.26 Å². The van der Waals surface area contributed by atoms with E-state index in [9.17, 15) is 5.26 Å². The van der Waals surface area contributed by atoms with Crippen molar-refractivity contribution >= 4 is 23.3 Å². The number of nitrogens with zero attached hydrogens (tertiary/aromatic N) is 1. The summed E-state index contributed by atoms with van der Waals surface area (Å²) in [6.07, 6.45) is 1.76. The van der Waals surface area contributed by atoms with Crippen molar-refractivity contribution in [2.24, 2.45) is 0 Å². The Kier molecular flexibility index (Phi) is 3.55. The highest BCUT2D eigenvalue weighted by Gasteiger charge is 2.16. The quantitative estimate of drug-likeness (QED) is 0.608. The Morgan fingerprint density at radius 3 is 2.52 bits per heavy atom. The van der Waals surface area contributed by atoms with Crippen LogP contribution in [0.1, 0.15) is 16.7 Å². The lowest BCUT2D eigenvalue weighted by Gasteiger charge is -2.04. The van der Waals surface area contributed by atoms with E-state index in [4.69, 9.17) is 21.1 Å². The molecule has 0 atom stereocenters. The first-order valence-electron chi connectivity index (χ1n) is 6.45. The molecule has 3 nitrogen and oxygen atoms in total. The van der Waals surface area contributed by atoms with Crippen LogP contribution in [0.25, 0.3) is 11.6 Å². The van der Waals surface area contributed by atoms with E-state index < -0.39 is 0 Å². The second-order valence-corrected chi connectivity index (χ2v) is 5.17. The van der Waals surface area contributed by atoms with Gasteiger partial charge in [0.2, 0.25) is 6.79 Å². The minimum absolute atomic E-state index is 0.196. The predicted octanol–water partition coefficient (Wildman–Crippen LogP) is 4.44. The van der Waals surface area contributed by atoms with E-state index in [0.717, 1.165) is 16.7 Å². The highest BCUT2D eigenvalue weighted by atomic mass is 35.5. The third-order valence-corrected chi connectivity index (χ3v) is 3.60. The van der Waals surface area contributed by atoms with Crippen LogP contribution in [0.5, 0.6) is 11.5 Å². The lowest BCUT2D eigenvalue weighted by atomic mass is 10.0. The summed E-state index contributed by atoms with van der Waals surface area (Å²) in [5, 5.41) is 9.90. The second kappa shape index (κ2) is 5.51. The molecule has 0 saturated carbocycles. The molecule has 0 saturated heterocycles. The van der Waals surface area contributed by atoms with Gasteiger partial charge in [-0.05, 0) is 30.2 Å². The van der Waals surface area contributed by atoms with Crippen LogP contribution in [-0.2, 0) is 0 Å². The molecule has 0 radical (unpaired) electrons. The summed E-state index contributed by atoms with van der Waals surface area (Å²) >= 11 is 6.23. The van der Waals surface area contributed by atoms with Gasteiger partial charge in [0.05, 0.1) is 16.7 Å². The van der Waals surface area contributed by atoms with E-state index in [-0.39, 0.29) is 6.79 Å². The topological polar surface area (TPSA) is 42.2 Å². The molecule has 0 bridgehead atoms. The zero-order chi connectivity index (χ0) is 14.8. The number of ether oxygens (including phenoxy) is 2. The number of hydrogen-bond acceptors (Lipinski definition) is 3. The fourth-order valence-corrected chi connectivity index (χ4v) is 2.32. The van der Waals surface area contributed by atoms with Crippen LogP contribution in [-0.4, -0.2) is 6.79 Å². The van der Waals surface area contributed by atoms with Crippen LogP contribution in [0.2, 0.25) is 5.02 Å². The summed E-state index contributed by atoms with van der Waals surface area (Å²) in [6.45, 7) is 2.20. The molecule has 2 aromatic carbocycles. The molecular weight excluding hydrogens is 286 g/mol. The number of hydrogen-bond donors (Lipinski definition) is 0. The van der Waals surface area contributed by atoms with Crippen molar-refractivity contribution in [3.05, 3.63) is 58.1 Å².